The van der Waals surface area contributed by atoms with Crippen molar-refractivity contribution in [2.75, 3.05) is 0 Å². The second kappa shape index (κ2) is 7.92. The fourth-order valence-corrected chi connectivity index (χ4v) is 10.3. The van der Waals surface area contributed by atoms with E-state index in [-0.39, 0.29) is 0 Å². The van der Waals surface area contributed by atoms with Crippen molar-refractivity contribution in [2.24, 2.45) is 0 Å². The normalized spacial score (nSPS) is 12.6. The molecule has 0 unspecified atom stereocenters. The van der Waals surface area contributed by atoms with E-state index in [1.54, 1.807) is 0 Å². The van der Waals surface area contributed by atoms with Crippen molar-refractivity contribution >= 4 is 93.9 Å². The molecule has 0 bridgehead atoms. The highest BCUT2D eigenvalue weighted by molar-refractivity contribution is 7.94. The summed E-state index contributed by atoms with van der Waals surface area (Å²) in [6.45, 7) is -2.40. The van der Waals surface area contributed by atoms with E-state index in [0.717, 1.165) is 5.44 Å². The Morgan fingerprint density at radius 3 is 1.27 bits per heavy atom. The molecule has 0 radical (unpaired) electrons. The minimum atomic E-state index is -2.40. The van der Waals surface area contributed by atoms with Gasteiger partial charge in [-0.3, -0.25) is 4.98 Å². The van der Waals surface area contributed by atoms with E-state index in [1.807, 2.05) is 12.3 Å². The molecule has 40 heavy (non-hydrogen) atoms. The molecule has 0 N–H and O–H groups in total. The summed E-state index contributed by atoms with van der Waals surface area (Å²) in [7, 11) is 0. The van der Waals surface area contributed by atoms with Gasteiger partial charge in [0, 0.05) is 6.20 Å². The lowest BCUT2D eigenvalue weighted by Gasteiger charge is -2.29. The number of hydrogen-bond acceptors (Lipinski definition) is 1. The Balaban J connectivity index is 1.47. The van der Waals surface area contributed by atoms with E-state index < -0.39 is 6.89 Å². The van der Waals surface area contributed by atoms with E-state index in [9.17, 15) is 0 Å². The van der Waals surface area contributed by atoms with Crippen LogP contribution in [0.3, 0.4) is 0 Å². The van der Waals surface area contributed by atoms with Gasteiger partial charge in [0.25, 0.3) is 0 Å². The van der Waals surface area contributed by atoms with Crippen LogP contribution in [0.4, 0.5) is 0 Å². The van der Waals surface area contributed by atoms with Crippen LogP contribution in [0.5, 0.6) is 0 Å². The van der Waals surface area contributed by atoms with Crippen LogP contribution in [0.1, 0.15) is 0 Å². The zero-order valence-corrected chi connectivity index (χ0v) is 22.7. The van der Waals surface area contributed by atoms with Crippen LogP contribution in [0.15, 0.2) is 134 Å². The lowest BCUT2D eigenvalue weighted by Crippen LogP contribution is -2.28. The average Bonchev–Trinajstić information content (AvgIpc) is 3.02. The molecule has 0 fully saturated rings. The molecule has 1 nitrogen and oxygen atoms in total. The van der Waals surface area contributed by atoms with Crippen molar-refractivity contribution in [1.82, 2.24) is 4.98 Å². The van der Waals surface area contributed by atoms with Crippen LogP contribution in [0, 0.1) is 0 Å². The van der Waals surface area contributed by atoms with Crippen LogP contribution in [0.2, 0.25) is 0 Å². The molecule has 0 aliphatic rings. The molecule has 8 aromatic carbocycles. The van der Waals surface area contributed by atoms with Gasteiger partial charge in [-0.25, -0.2) is 0 Å². The molecular weight excluding hydrogens is 501 g/mol. The van der Waals surface area contributed by atoms with Crippen molar-refractivity contribution in [3.8, 4) is 0 Å². The van der Waals surface area contributed by atoms with Gasteiger partial charge < -0.3 is 0 Å². The number of aromatic nitrogens is 1. The maximum atomic E-state index is 5.19. The van der Waals surface area contributed by atoms with Gasteiger partial charge in [0.1, 0.15) is 0 Å². The number of rotatable bonds is 3. The summed E-state index contributed by atoms with van der Waals surface area (Å²) in [5.74, 6) is 0. The van der Waals surface area contributed by atoms with E-state index in [1.165, 1.54) is 75.2 Å². The van der Waals surface area contributed by atoms with Gasteiger partial charge in [0.2, 0.25) is 0 Å². The van der Waals surface area contributed by atoms with Crippen molar-refractivity contribution in [1.29, 1.82) is 0 Å². The second-order valence-corrected chi connectivity index (χ2v) is 13.9. The maximum absolute atomic E-state index is 5.19. The average molecular weight is 526 g/mol. The molecule has 1 heterocycles. The van der Waals surface area contributed by atoms with E-state index >= 15 is 0 Å². The molecular formula is C38H24NP. The summed E-state index contributed by atoms with van der Waals surface area (Å²) in [6.07, 6.45) is 7.11. The molecule has 2 heteroatoms. The SMILES string of the molecule is C=P(c1ccccn1)(c1ccc2ccc3cccc4ccc1c2c34)c1ccc2ccc3cccc4ccc1c2c34. The van der Waals surface area contributed by atoms with Gasteiger partial charge in [-0.2, -0.15) is 0 Å². The van der Waals surface area contributed by atoms with Crippen LogP contribution in [-0.2, 0) is 0 Å². The first-order chi connectivity index (χ1) is 19.7. The molecule has 186 valence electrons. The molecule has 0 saturated heterocycles. The molecule has 0 aliphatic carbocycles. The number of nitrogens with zero attached hydrogens (tertiary/aromatic N) is 1. The van der Waals surface area contributed by atoms with Crippen molar-refractivity contribution < 1.29 is 0 Å². The van der Waals surface area contributed by atoms with E-state index in [0.29, 0.717) is 0 Å². The third-order valence-electron chi connectivity index (χ3n) is 8.87. The van der Waals surface area contributed by atoms with Gasteiger partial charge in [-0.05, 0) is 94.3 Å². The van der Waals surface area contributed by atoms with Crippen molar-refractivity contribution in [3.63, 3.8) is 0 Å². The molecule has 0 aliphatic heterocycles. The van der Waals surface area contributed by atoms with Crippen molar-refractivity contribution in [3.05, 3.63) is 134 Å². The zero-order chi connectivity index (χ0) is 26.4. The maximum Gasteiger partial charge on any atom is 0.0705 e. The van der Waals surface area contributed by atoms with Gasteiger partial charge in [-0.15, -0.1) is 0 Å². The first-order valence-electron chi connectivity index (χ1n) is 13.7. The standard InChI is InChI=1S/C38H24NP/c1-40(34-10-2-3-23-39-34,32-21-17-28-13-11-24-6-4-8-26-15-19-30(32)37(28)35(24)26)33-22-18-29-14-12-25-7-5-9-27-16-20-31(33)38(29)36(25)27/h2-23H,1H2. The number of pyridine rings is 1. The highest BCUT2D eigenvalue weighted by atomic mass is 31.2. The third-order valence-corrected chi connectivity index (χ3v) is 12.3. The van der Waals surface area contributed by atoms with Gasteiger partial charge in [-0.1, -0.05) is 122 Å². The van der Waals surface area contributed by atoms with Crippen LogP contribution in [0.25, 0.3) is 64.6 Å². The Labute approximate surface area is 232 Å². The Hall–Kier alpha value is -4.71. The lowest BCUT2D eigenvalue weighted by atomic mass is 9.94. The summed E-state index contributed by atoms with van der Waals surface area (Å²) in [4.78, 5) is 5.01. The summed E-state index contributed by atoms with van der Waals surface area (Å²) in [5.41, 5.74) is 1.06. The summed E-state index contributed by atoms with van der Waals surface area (Å²) in [6, 6.07) is 46.9. The summed E-state index contributed by atoms with van der Waals surface area (Å²) < 4.78 is 0. The van der Waals surface area contributed by atoms with Crippen LogP contribution >= 0.6 is 6.89 Å². The van der Waals surface area contributed by atoms with Crippen LogP contribution < -0.4 is 16.0 Å². The minimum absolute atomic E-state index is 1.06. The first kappa shape index (κ1) is 22.1. The molecule has 9 rings (SSSR count). The highest BCUT2D eigenvalue weighted by Crippen LogP contribution is 2.48. The van der Waals surface area contributed by atoms with Crippen LogP contribution in [-0.4, -0.2) is 11.3 Å². The van der Waals surface area contributed by atoms with Gasteiger partial charge in [0.15, 0.2) is 0 Å². The number of hydrogen-bond donors (Lipinski definition) is 0. The third kappa shape index (κ3) is 2.80. The summed E-state index contributed by atoms with van der Waals surface area (Å²) >= 11 is 0. The molecule has 0 saturated carbocycles. The Kier molecular flexibility index (Phi) is 4.38. The molecule has 0 spiro atoms. The first-order valence-corrected chi connectivity index (χ1v) is 15.7. The highest BCUT2D eigenvalue weighted by Gasteiger charge is 2.29. The smallest absolute Gasteiger partial charge is 0.0705 e. The summed E-state index contributed by atoms with van der Waals surface area (Å²) in [5, 5.41) is 18.1. The minimum Gasteiger partial charge on any atom is -0.256 e. The topological polar surface area (TPSA) is 12.9 Å². The zero-order valence-electron chi connectivity index (χ0n) is 21.8. The predicted octanol–water partition coefficient (Wildman–Crippen LogP) is 8.60. The Bertz CT molecular complexity index is 2270. The van der Waals surface area contributed by atoms with E-state index in [2.05, 4.69) is 121 Å². The molecule has 0 atom stereocenters. The predicted molar refractivity (Wildman–Crippen MR) is 177 cm³/mol. The Morgan fingerprint density at radius 1 is 0.400 bits per heavy atom. The number of benzene rings is 8. The van der Waals surface area contributed by atoms with Crippen molar-refractivity contribution in [2.45, 2.75) is 0 Å². The van der Waals surface area contributed by atoms with E-state index in [4.69, 9.17) is 11.3 Å². The fraction of sp³-hybridized carbons (Fsp3) is 0. The molecule has 1 aromatic heterocycles. The largest absolute Gasteiger partial charge is 0.256 e. The molecule has 9 aromatic rings. The second-order valence-electron chi connectivity index (χ2n) is 10.9. The van der Waals surface area contributed by atoms with Gasteiger partial charge >= 0.3 is 0 Å². The quantitative estimate of drug-likeness (QED) is 0.166. The monoisotopic (exact) mass is 525 g/mol. The molecule has 0 amide bonds. The van der Waals surface area contributed by atoms with Gasteiger partial charge in [0.05, 0.1) is 5.44 Å². The fourth-order valence-electron chi connectivity index (χ4n) is 7.06. The Morgan fingerprint density at radius 2 is 0.825 bits per heavy atom. The lowest BCUT2D eigenvalue weighted by molar-refractivity contribution is 1.39.